The molecule has 0 heterocycles. The highest BCUT2D eigenvalue weighted by Gasteiger charge is 2.14. The maximum Gasteiger partial charge on any atom is 0.323 e. The Hall–Kier alpha value is -2.04. The van der Waals surface area contributed by atoms with E-state index in [1.165, 1.54) is 0 Å². The zero-order valence-electron chi connectivity index (χ0n) is 13.0. The summed E-state index contributed by atoms with van der Waals surface area (Å²) in [5.74, 6) is 0.368. The second-order valence-electron chi connectivity index (χ2n) is 5.13. The largest absolute Gasteiger partial charge is 0.489 e. The Balaban J connectivity index is 1.88. The molecule has 5 heteroatoms. The van der Waals surface area contributed by atoms with Crippen LogP contribution in [0, 0.1) is 0 Å². The molecule has 2 aromatic carbocycles. The highest BCUT2D eigenvalue weighted by atomic mass is 35.5. The van der Waals surface area contributed by atoms with E-state index in [-0.39, 0.29) is 5.97 Å². The van der Waals surface area contributed by atoms with Crippen LogP contribution in [0.15, 0.2) is 48.5 Å². The van der Waals surface area contributed by atoms with Gasteiger partial charge in [0.05, 0.1) is 6.61 Å². The van der Waals surface area contributed by atoms with E-state index in [0.29, 0.717) is 24.7 Å². The average Bonchev–Trinajstić information content (AvgIpc) is 2.54. The first-order valence-electron chi connectivity index (χ1n) is 7.47. The molecule has 0 radical (unpaired) electrons. The highest BCUT2D eigenvalue weighted by Crippen LogP contribution is 2.17. The molecule has 4 nitrogen and oxygen atoms in total. The molecule has 0 aromatic heterocycles. The lowest BCUT2D eigenvalue weighted by Crippen LogP contribution is -2.34. The first kappa shape index (κ1) is 17.3. The van der Waals surface area contributed by atoms with Crippen LogP contribution in [-0.4, -0.2) is 18.6 Å². The monoisotopic (exact) mass is 333 g/mol. The van der Waals surface area contributed by atoms with Crippen LogP contribution in [0.4, 0.5) is 0 Å². The van der Waals surface area contributed by atoms with Crippen molar-refractivity contribution in [3.8, 4) is 5.75 Å². The van der Waals surface area contributed by atoms with Crippen molar-refractivity contribution in [2.75, 3.05) is 6.61 Å². The molecule has 0 amide bonds. The van der Waals surface area contributed by atoms with E-state index < -0.39 is 6.04 Å². The molecule has 2 rings (SSSR count). The molecule has 23 heavy (non-hydrogen) atoms. The summed E-state index contributed by atoms with van der Waals surface area (Å²) in [5, 5.41) is 0.689. The van der Waals surface area contributed by atoms with Gasteiger partial charge in [-0.2, -0.15) is 0 Å². The number of halogens is 1. The van der Waals surface area contributed by atoms with Gasteiger partial charge in [-0.05, 0) is 48.7 Å². The summed E-state index contributed by atoms with van der Waals surface area (Å²) < 4.78 is 10.6. The van der Waals surface area contributed by atoms with Gasteiger partial charge >= 0.3 is 5.97 Å². The van der Waals surface area contributed by atoms with Gasteiger partial charge in [-0.3, -0.25) is 4.79 Å². The van der Waals surface area contributed by atoms with E-state index >= 15 is 0 Å². The maximum absolute atomic E-state index is 11.5. The molecule has 0 fully saturated rings. The third kappa shape index (κ3) is 5.58. The van der Waals surface area contributed by atoms with E-state index in [2.05, 4.69) is 0 Å². The standard InChI is InChI=1S/C18H20ClNO3/c1-2-22-18(21)17(20)11-13-6-8-16(9-7-13)23-12-14-4-3-5-15(19)10-14/h3-10,17H,2,11-12,20H2,1H3. The van der Waals surface area contributed by atoms with Gasteiger partial charge in [-0.25, -0.2) is 0 Å². The lowest BCUT2D eigenvalue weighted by atomic mass is 10.1. The van der Waals surface area contributed by atoms with Crippen molar-refractivity contribution in [1.29, 1.82) is 0 Å². The minimum atomic E-state index is -0.645. The van der Waals surface area contributed by atoms with Gasteiger partial charge < -0.3 is 15.2 Å². The zero-order chi connectivity index (χ0) is 16.7. The van der Waals surface area contributed by atoms with Crippen molar-refractivity contribution >= 4 is 17.6 Å². The predicted octanol–water partition coefficient (Wildman–Crippen LogP) is 3.35. The van der Waals surface area contributed by atoms with Crippen LogP contribution in [0.3, 0.4) is 0 Å². The molecule has 0 bridgehead atoms. The number of esters is 1. The highest BCUT2D eigenvalue weighted by molar-refractivity contribution is 6.30. The van der Waals surface area contributed by atoms with Crippen molar-refractivity contribution in [2.45, 2.75) is 26.0 Å². The summed E-state index contributed by atoms with van der Waals surface area (Å²) in [7, 11) is 0. The summed E-state index contributed by atoms with van der Waals surface area (Å²) in [6.07, 6.45) is 0.438. The molecule has 1 unspecified atom stereocenters. The van der Waals surface area contributed by atoms with Crippen LogP contribution >= 0.6 is 11.6 Å². The SMILES string of the molecule is CCOC(=O)C(N)Cc1ccc(OCc2cccc(Cl)c2)cc1. The molecule has 2 aromatic rings. The topological polar surface area (TPSA) is 61.5 Å². The second kappa shape index (κ2) is 8.56. The summed E-state index contributed by atoms with van der Waals surface area (Å²) >= 11 is 5.94. The number of rotatable bonds is 7. The summed E-state index contributed by atoms with van der Waals surface area (Å²) in [4.78, 5) is 11.5. The van der Waals surface area contributed by atoms with Crippen LogP contribution in [0.25, 0.3) is 0 Å². The number of carbonyl (C=O) groups is 1. The van der Waals surface area contributed by atoms with Gasteiger partial charge in [0.15, 0.2) is 0 Å². The molecule has 2 N–H and O–H groups in total. The Morgan fingerprint density at radius 2 is 1.91 bits per heavy atom. The van der Waals surface area contributed by atoms with Gasteiger partial charge in [-0.1, -0.05) is 35.9 Å². The number of nitrogens with two attached hydrogens (primary N) is 1. The van der Waals surface area contributed by atoms with E-state index in [4.69, 9.17) is 26.8 Å². The van der Waals surface area contributed by atoms with Crippen LogP contribution in [0.2, 0.25) is 5.02 Å². The minimum Gasteiger partial charge on any atom is -0.489 e. The van der Waals surface area contributed by atoms with E-state index in [1.54, 1.807) is 6.92 Å². The van der Waals surface area contributed by atoms with Crippen molar-refractivity contribution in [3.63, 3.8) is 0 Å². The molecule has 0 saturated heterocycles. The van der Waals surface area contributed by atoms with E-state index in [9.17, 15) is 4.79 Å². The number of carbonyl (C=O) groups excluding carboxylic acids is 1. The normalized spacial score (nSPS) is 11.8. The van der Waals surface area contributed by atoms with Crippen LogP contribution in [0.5, 0.6) is 5.75 Å². The summed E-state index contributed by atoms with van der Waals surface area (Å²) in [6, 6.07) is 14.4. The van der Waals surface area contributed by atoms with Gasteiger partial charge in [0.1, 0.15) is 18.4 Å². The quantitative estimate of drug-likeness (QED) is 0.789. The Morgan fingerprint density at radius 3 is 2.57 bits per heavy atom. The van der Waals surface area contributed by atoms with Crippen LogP contribution in [0.1, 0.15) is 18.1 Å². The molecule has 0 saturated carbocycles. The van der Waals surface area contributed by atoms with Crippen LogP contribution < -0.4 is 10.5 Å². The third-order valence-electron chi connectivity index (χ3n) is 3.26. The third-order valence-corrected chi connectivity index (χ3v) is 3.50. The molecule has 1 atom stereocenters. The van der Waals surface area contributed by atoms with Gasteiger partial charge in [0.2, 0.25) is 0 Å². The fourth-order valence-corrected chi connectivity index (χ4v) is 2.31. The molecule has 0 aliphatic heterocycles. The summed E-state index contributed by atoms with van der Waals surface area (Å²) in [5.41, 5.74) is 7.77. The Kier molecular flexibility index (Phi) is 6.44. The Bertz CT molecular complexity index is 643. The Morgan fingerprint density at radius 1 is 1.17 bits per heavy atom. The smallest absolute Gasteiger partial charge is 0.323 e. The summed E-state index contributed by atoms with van der Waals surface area (Å²) in [6.45, 7) is 2.54. The van der Waals surface area contributed by atoms with Crippen molar-refractivity contribution in [1.82, 2.24) is 0 Å². The lowest BCUT2D eigenvalue weighted by Gasteiger charge is -2.11. The second-order valence-corrected chi connectivity index (χ2v) is 5.56. The first-order valence-corrected chi connectivity index (χ1v) is 7.84. The van der Waals surface area contributed by atoms with Crippen molar-refractivity contribution < 1.29 is 14.3 Å². The van der Waals surface area contributed by atoms with E-state index in [0.717, 1.165) is 16.9 Å². The molecule has 0 spiro atoms. The van der Waals surface area contributed by atoms with Crippen molar-refractivity contribution in [2.24, 2.45) is 5.73 Å². The number of benzene rings is 2. The first-order chi connectivity index (χ1) is 11.1. The van der Waals surface area contributed by atoms with Gasteiger partial charge in [0.25, 0.3) is 0 Å². The van der Waals surface area contributed by atoms with Gasteiger partial charge in [0, 0.05) is 5.02 Å². The molecular formula is C18H20ClNO3. The predicted molar refractivity (Wildman–Crippen MR) is 90.5 cm³/mol. The van der Waals surface area contributed by atoms with E-state index in [1.807, 2.05) is 48.5 Å². The maximum atomic E-state index is 11.5. The fraction of sp³-hybridized carbons (Fsp3) is 0.278. The molecule has 122 valence electrons. The van der Waals surface area contributed by atoms with Gasteiger partial charge in [-0.15, -0.1) is 0 Å². The number of hydrogen-bond donors (Lipinski definition) is 1. The lowest BCUT2D eigenvalue weighted by molar-refractivity contribution is -0.144. The fourth-order valence-electron chi connectivity index (χ4n) is 2.10. The molecule has 0 aliphatic rings. The molecule has 0 aliphatic carbocycles. The van der Waals surface area contributed by atoms with Crippen LogP contribution in [-0.2, 0) is 22.6 Å². The number of hydrogen-bond acceptors (Lipinski definition) is 4. The van der Waals surface area contributed by atoms with Crippen molar-refractivity contribution in [3.05, 3.63) is 64.7 Å². The number of ether oxygens (including phenoxy) is 2. The average molecular weight is 334 g/mol. The molecular weight excluding hydrogens is 314 g/mol. The Labute approximate surface area is 141 Å². The zero-order valence-corrected chi connectivity index (χ0v) is 13.8. The minimum absolute atomic E-state index is 0.336.